The number of rotatable bonds is 2. The van der Waals surface area contributed by atoms with Crippen molar-refractivity contribution in [3.05, 3.63) is 66.2 Å². The van der Waals surface area contributed by atoms with Crippen LogP contribution in [-0.2, 0) is 0 Å². The molecule has 0 saturated carbocycles. The minimum Gasteiger partial charge on any atom is -0.364 e. The van der Waals surface area contributed by atoms with E-state index in [9.17, 15) is 13.2 Å². The first-order valence-corrected chi connectivity index (χ1v) is 6.00. The molecule has 0 fully saturated rings. The van der Waals surface area contributed by atoms with Crippen LogP contribution >= 0.6 is 0 Å². The molecule has 2 aromatic rings. The highest BCUT2D eigenvalue weighted by Gasteiger charge is 2.38. The molecule has 0 amide bonds. The second-order valence-electron chi connectivity index (χ2n) is 4.12. The van der Waals surface area contributed by atoms with Crippen molar-refractivity contribution in [2.45, 2.75) is 12.2 Å². The average molecular weight is 275 g/mol. The van der Waals surface area contributed by atoms with Crippen LogP contribution in [0.4, 0.5) is 18.9 Å². The van der Waals surface area contributed by atoms with Gasteiger partial charge in [-0.1, -0.05) is 48.2 Å². The van der Waals surface area contributed by atoms with E-state index in [2.05, 4.69) is 17.2 Å². The Morgan fingerprint density at radius 2 is 1.40 bits per heavy atom. The number of benzene rings is 2. The van der Waals surface area contributed by atoms with Crippen molar-refractivity contribution in [2.75, 3.05) is 5.32 Å². The molecular weight excluding hydrogens is 263 g/mol. The second-order valence-corrected chi connectivity index (χ2v) is 4.12. The third kappa shape index (κ3) is 4.06. The van der Waals surface area contributed by atoms with Gasteiger partial charge in [0.15, 0.2) is 6.04 Å². The van der Waals surface area contributed by atoms with Gasteiger partial charge in [-0.3, -0.25) is 0 Å². The topological polar surface area (TPSA) is 12.0 Å². The summed E-state index contributed by atoms with van der Waals surface area (Å²) in [5, 5.41) is 2.39. The van der Waals surface area contributed by atoms with Crippen molar-refractivity contribution in [3.8, 4) is 11.8 Å². The molecular formula is C16H12F3N. The van der Waals surface area contributed by atoms with E-state index >= 15 is 0 Å². The maximum atomic E-state index is 12.9. The van der Waals surface area contributed by atoms with Gasteiger partial charge in [0.2, 0.25) is 0 Å². The summed E-state index contributed by atoms with van der Waals surface area (Å²) in [5.74, 6) is 4.78. The Morgan fingerprint density at radius 1 is 0.850 bits per heavy atom. The molecule has 1 N–H and O–H groups in total. The summed E-state index contributed by atoms with van der Waals surface area (Å²) in [6.45, 7) is 0. The molecule has 0 heterocycles. The van der Waals surface area contributed by atoms with Crippen molar-refractivity contribution >= 4 is 5.69 Å². The molecule has 1 nitrogen and oxygen atoms in total. The van der Waals surface area contributed by atoms with Crippen LogP contribution in [0.1, 0.15) is 5.56 Å². The minimum absolute atomic E-state index is 0.386. The van der Waals surface area contributed by atoms with E-state index in [4.69, 9.17) is 0 Å². The zero-order chi connectivity index (χ0) is 14.4. The van der Waals surface area contributed by atoms with E-state index in [-0.39, 0.29) is 0 Å². The number of halogens is 3. The highest BCUT2D eigenvalue weighted by molar-refractivity contribution is 5.47. The predicted octanol–water partition coefficient (Wildman–Crippen LogP) is 4.08. The first-order valence-electron chi connectivity index (χ1n) is 6.00. The summed E-state index contributed by atoms with van der Waals surface area (Å²) in [6, 6.07) is 14.9. The van der Waals surface area contributed by atoms with E-state index in [1.807, 2.05) is 0 Å². The highest BCUT2D eigenvalue weighted by Crippen LogP contribution is 2.23. The summed E-state index contributed by atoms with van der Waals surface area (Å²) in [4.78, 5) is 0. The SMILES string of the molecule is FC(F)(F)C(C#Cc1ccccc1)Nc1ccccc1. The van der Waals surface area contributed by atoms with Crippen molar-refractivity contribution < 1.29 is 13.2 Å². The maximum Gasteiger partial charge on any atom is 0.420 e. The van der Waals surface area contributed by atoms with Crippen molar-refractivity contribution in [1.29, 1.82) is 0 Å². The Morgan fingerprint density at radius 3 is 1.95 bits per heavy atom. The van der Waals surface area contributed by atoms with E-state index in [1.54, 1.807) is 60.7 Å². The molecule has 20 heavy (non-hydrogen) atoms. The zero-order valence-corrected chi connectivity index (χ0v) is 10.5. The Bertz CT molecular complexity index is 594. The molecule has 0 spiro atoms. The number of anilines is 1. The lowest BCUT2D eigenvalue weighted by Gasteiger charge is -2.17. The van der Waals surface area contributed by atoms with Crippen LogP contribution in [0.3, 0.4) is 0 Å². The van der Waals surface area contributed by atoms with Crippen LogP contribution in [0.2, 0.25) is 0 Å². The lowest BCUT2D eigenvalue weighted by Crippen LogP contribution is -2.34. The van der Waals surface area contributed by atoms with Gasteiger partial charge in [0.05, 0.1) is 0 Å². The molecule has 102 valence electrons. The zero-order valence-electron chi connectivity index (χ0n) is 10.5. The summed E-state index contributed by atoms with van der Waals surface area (Å²) in [5.41, 5.74) is 0.939. The van der Waals surface area contributed by atoms with Crippen LogP contribution in [0.25, 0.3) is 0 Å². The number of hydrogen-bond donors (Lipinski definition) is 1. The third-order valence-electron chi connectivity index (χ3n) is 2.55. The Kier molecular flexibility index (Phi) is 4.31. The molecule has 2 rings (SSSR count). The van der Waals surface area contributed by atoms with Crippen LogP contribution in [0.15, 0.2) is 60.7 Å². The summed E-state index contributed by atoms with van der Waals surface area (Å²) in [7, 11) is 0. The van der Waals surface area contributed by atoms with Crippen molar-refractivity contribution in [3.63, 3.8) is 0 Å². The fraction of sp³-hybridized carbons (Fsp3) is 0.125. The Hall–Kier alpha value is -2.41. The van der Waals surface area contributed by atoms with E-state index < -0.39 is 12.2 Å². The monoisotopic (exact) mass is 275 g/mol. The van der Waals surface area contributed by atoms with Crippen LogP contribution in [0.5, 0.6) is 0 Å². The predicted molar refractivity (Wildman–Crippen MR) is 73.2 cm³/mol. The number of hydrogen-bond acceptors (Lipinski definition) is 1. The molecule has 1 unspecified atom stereocenters. The van der Waals surface area contributed by atoms with Gasteiger partial charge in [0.25, 0.3) is 0 Å². The first kappa shape index (κ1) is 14.0. The molecule has 0 bridgehead atoms. The van der Waals surface area contributed by atoms with Gasteiger partial charge >= 0.3 is 6.18 Å². The van der Waals surface area contributed by atoms with Crippen molar-refractivity contribution in [1.82, 2.24) is 0 Å². The molecule has 0 aliphatic heterocycles. The van der Waals surface area contributed by atoms with E-state index in [1.165, 1.54) is 0 Å². The van der Waals surface area contributed by atoms with Crippen LogP contribution in [0, 0.1) is 11.8 Å². The fourth-order valence-corrected chi connectivity index (χ4v) is 1.58. The summed E-state index contributed by atoms with van der Waals surface area (Å²) >= 11 is 0. The van der Waals surface area contributed by atoms with Gasteiger partial charge in [0.1, 0.15) is 0 Å². The molecule has 4 heteroatoms. The van der Waals surface area contributed by atoms with Gasteiger partial charge in [-0.25, -0.2) is 0 Å². The third-order valence-corrected chi connectivity index (χ3v) is 2.55. The van der Waals surface area contributed by atoms with Gasteiger partial charge in [-0.2, -0.15) is 13.2 Å². The molecule has 0 aliphatic carbocycles. The lowest BCUT2D eigenvalue weighted by molar-refractivity contribution is -0.130. The quantitative estimate of drug-likeness (QED) is 0.814. The summed E-state index contributed by atoms with van der Waals surface area (Å²) in [6.07, 6.45) is -4.43. The first-order chi connectivity index (χ1) is 9.55. The van der Waals surface area contributed by atoms with E-state index in [0.29, 0.717) is 11.3 Å². The number of para-hydroxylation sites is 1. The normalized spacial score (nSPS) is 12.2. The second kappa shape index (κ2) is 6.16. The van der Waals surface area contributed by atoms with Crippen LogP contribution < -0.4 is 5.32 Å². The summed E-state index contributed by atoms with van der Waals surface area (Å²) < 4.78 is 38.8. The minimum atomic E-state index is -4.43. The Labute approximate surface area is 115 Å². The standard InChI is InChI=1S/C16H12F3N/c17-16(18,19)15(20-14-9-5-2-6-10-14)12-11-13-7-3-1-4-8-13/h1-10,15,20H. The molecule has 2 aromatic carbocycles. The van der Waals surface area contributed by atoms with Gasteiger partial charge in [-0.15, -0.1) is 0 Å². The highest BCUT2D eigenvalue weighted by atomic mass is 19.4. The molecule has 1 atom stereocenters. The van der Waals surface area contributed by atoms with Crippen molar-refractivity contribution in [2.24, 2.45) is 0 Å². The number of alkyl halides is 3. The molecule has 0 aliphatic rings. The average Bonchev–Trinajstić information content (AvgIpc) is 2.44. The molecule has 0 saturated heterocycles. The number of nitrogens with one attached hydrogen (secondary N) is 1. The molecule has 0 radical (unpaired) electrons. The van der Waals surface area contributed by atoms with E-state index in [0.717, 1.165) is 0 Å². The van der Waals surface area contributed by atoms with Gasteiger partial charge in [-0.05, 0) is 24.3 Å². The van der Waals surface area contributed by atoms with Gasteiger partial charge < -0.3 is 5.32 Å². The van der Waals surface area contributed by atoms with Gasteiger partial charge in [0, 0.05) is 11.3 Å². The fourth-order valence-electron chi connectivity index (χ4n) is 1.58. The largest absolute Gasteiger partial charge is 0.420 e. The molecule has 0 aromatic heterocycles. The smallest absolute Gasteiger partial charge is 0.364 e. The van der Waals surface area contributed by atoms with Crippen LogP contribution in [-0.4, -0.2) is 12.2 Å². The maximum absolute atomic E-state index is 12.9. The lowest BCUT2D eigenvalue weighted by atomic mass is 10.2. The Balaban J connectivity index is 2.20.